The summed E-state index contributed by atoms with van der Waals surface area (Å²) >= 11 is 0. The lowest BCUT2D eigenvalue weighted by Gasteiger charge is -2.06. The van der Waals surface area contributed by atoms with Crippen molar-refractivity contribution in [3.8, 4) is 11.3 Å². The molecule has 116 valence electrons. The number of rotatable bonds is 3. The fraction of sp³-hybridized carbons (Fsp3) is 0.176. The van der Waals surface area contributed by atoms with E-state index >= 15 is 0 Å². The van der Waals surface area contributed by atoms with Gasteiger partial charge >= 0.3 is 0 Å². The Bertz CT molecular complexity index is 944. The minimum Gasteiger partial charge on any atom is -0.366 e. The van der Waals surface area contributed by atoms with Crippen molar-refractivity contribution in [1.29, 1.82) is 0 Å². The second kappa shape index (κ2) is 4.87. The Labute approximate surface area is 130 Å². The third kappa shape index (κ3) is 2.27. The fourth-order valence-electron chi connectivity index (χ4n) is 2.96. The molecule has 1 aromatic heterocycles. The van der Waals surface area contributed by atoms with E-state index in [1.54, 1.807) is 0 Å². The Balaban J connectivity index is 2.00. The number of H-pyrrole nitrogens is 1. The van der Waals surface area contributed by atoms with Gasteiger partial charge in [-0.15, -0.1) is 0 Å². The summed E-state index contributed by atoms with van der Waals surface area (Å²) in [6.45, 7) is 0. The lowest BCUT2D eigenvalue weighted by molar-refractivity contribution is 0.100. The van der Waals surface area contributed by atoms with Crippen molar-refractivity contribution in [1.82, 2.24) is 10.2 Å². The molecule has 0 atom stereocenters. The number of aromatic amines is 1. The number of halogens is 2. The number of fused-ring (bicyclic) bond motifs is 1. The molecule has 4 rings (SSSR count). The Morgan fingerprint density at radius 1 is 1.17 bits per heavy atom. The third-order valence-corrected chi connectivity index (χ3v) is 4.19. The molecule has 3 aromatic rings. The van der Waals surface area contributed by atoms with Crippen LogP contribution in [0.5, 0.6) is 0 Å². The molecule has 3 N–H and O–H groups in total. The van der Waals surface area contributed by atoms with Gasteiger partial charge in [0.05, 0.1) is 11.2 Å². The van der Waals surface area contributed by atoms with Crippen molar-refractivity contribution < 1.29 is 13.6 Å². The van der Waals surface area contributed by atoms with Gasteiger partial charge in [0.1, 0.15) is 11.6 Å². The van der Waals surface area contributed by atoms with E-state index in [1.165, 1.54) is 30.3 Å². The lowest BCUT2D eigenvalue weighted by Crippen LogP contribution is -2.12. The summed E-state index contributed by atoms with van der Waals surface area (Å²) in [5, 5.41) is 7.60. The van der Waals surface area contributed by atoms with Crippen LogP contribution < -0.4 is 5.73 Å². The number of hydrogen-bond donors (Lipinski definition) is 2. The molecule has 0 unspecified atom stereocenters. The summed E-state index contributed by atoms with van der Waals surface area (Å²) < 4.78 is 27.6. The first kappa shape index (κ1) is 13.9. The second-order valence-corrected chi connectivity index (χ2v) is 5.82. The molecule has 1 fully saturated rings. The molecule has 1 amide bonds. The molecule has 6 heteroatoms. The number of carbonyl (C=O) groups is 1. The number of hydrogen-bond acceptors (Lipinski definition) is 2. The van der Waals surface area contributed by atoms with Crippen LogP contribution in [0.1, 0.15) is 34.7 Å². The molecule has 1 aliphatic carbocycles. The van der Waals surface area contributed by atoms with E-state index in [0.29, 0.717) is 22.5 Å². The third-order valence-electron chi connectivity index (χ3n) is 4.19. The molecule has 0 saturated heterocycles. The average molecular weight is 313 g/mol. The van der Waals surface area contributed by atoms with Gasteiger partial charge in [0.2, 0.25) is 5.91 Å². The minimum atomic E-state index is -0.679. The Morgan fingerprint density at radius 3 is 2.65 bits per heavy atom. The number of nitrogens with two attached hydrogens (primary N) is 1. The molecular formula is C17H13F2N3O. The van der Waals surface area contributed by atoms with Crippen molar-refractivity contribution >= 4 is 16.8 Å². The van der Waals surface area contributed by atoms with E-state index in [1.807, 2.05) is 0 Å². The summed E-state index contributed by atoms with van der Waals surface area (Å²) in [6, 6.07) is 6.52. The van der Waals surface area contributed by atoms with Crippen molar-refractivity contribution in [3.63, 3.8) is 0 Å². The Kier molecular flexibility index (Phi) is 2.94. The summed E-state index contributed by atoms with van der Waals surface area (Å²) in [6.07, 6.45) is 2.01. The van der Waals surface area contributed by atoms with Gasteiger partial charge in [-0.25, -0.2) is 8.78 Å². The molecule has 1 heterocycles. The molecule has 0 spiro atoms. The second-order valence-electron chi connectivity index (χ2n) is 5.82. The molecule has 1 saturated carbocycles. The van der Waals surface area contributed by atoms with E-state index in [9.17, 15) is 13.6 Å². The van der Waals surface area contributed by atoms with E-state index in [0.717, 1.165) is 18.4 Å². The zero-order chi connectivity index (χ0) is 16.1. The average Bonchev–Trinajstić information content (AvgIpc) is 3.26. The van der Waals surface area contributed by atoms with Gasteiger partial charge in [0.25, 0.3) is 0 Å². The minimum absolute atomic E-state index is 0.161. The van der Waals surface area contributed by atoms with E-state index in [-0.39, 0.29) is 16.9 Å². The van der Waals surface area contributed by atoms with E-state index in [4.69, 9.17) is 5.73 Å². The van der Waals surface area contributed by atoms with Gasteiger partial charge < -0.3 is 5.73 Å². The van der Waals surface area contributed by atoms with E-state index in [2.05, 4.69) is 10.2 Å². The van der Waals surface area contributed by atoms with Crippen LogP contribution in [-0.4, -0.2) is 16.1 Å². The van der Waals surface area contributed by atoms with Crippen molar-refractivity contribution in [3.05, 3.63) is 53.1 Å². The molecule has 23 heavy (non-hydrogen) atoms. The summed E-state index contributed by atoms with van der Waals surface area (Å²) in [4.78, 5) is 11.6. The van der Waals surface area contributed by atoms with Crippen LogP contribution >= 0.6 is 0 Å². The van der Waals surface area contributed by atoms with Gasteiger partial charge in [-0.2, -0.15) is 5.10 Å². The highest BCUT2D eigenvalue weighted by atomic mass is 19.1. The SMILES string of the molecule is NC(=O)c1ccc(F)cc1-c1[nH]nc2c(C3CC3)cc(F)cc12. The van der Waals surface area contributed by atoms with Gasteiger partial charge in [-0.05, 0) is 54.7 Å². The lowest BCUT2D eigenvalue weighted by atomic mass is 9.99. The number of benzene rings is 2. The summed E-state index contributed by atoms with van der Waals surface area (Å²) in [7, 11) is 0. The molecule has 1 aliphatic rings. The van der Waals surface area contributed by atoms with Crippen LogP contribution in [0.15, 0.2) is 30.3 Å². The monoisotopic (exact) mass is 313 g/mol. The summed E-state index contributed by atoms with van der Waals surface area (Å²) in [5.74, 6) is -1.25. The van der Waals surface area contributed by atoms with Gasteiger partial charge in [-0.3, -0.25) is 9.89 Å². The Hall–Kier alpha value is -2.76. The maximum Gasteiger partial charge on any atom is 0.249 e. The fourth-order valence-corrected chi connectivity index (χ4v) is 2.96. The highest BCUT2D eigenvalue weighted by Crippen LogP contribution is 2.44. The van der Waals surface area contributed by atoms with Crippen LogP contribution in [0.3, 0.4) is 0 Å². The van der Waals surface area contributed by atoms with Crippen LogP contribution in [0.4, 0.5) is 8.78 Å². The van der Waals surface area contributed by atoms with Crippen molar-refractivity contribution in [2.24, 2.45) is 5.73 Å². The number of aromatic nitrogens is 2. The first-order chi connectivity index (χ1) is 11.0. The zero-order valence-electron chi connectivity index (χ0n) is 12.1. The van der Waals surface area contributed by atoms with Crippen molar-refractivity contribution in [2.75, 3.05) is 0 Å². The zero-order valence-corrected chi connectivity index (χ0v) is 12.1. The molecule has 0 radical (unpaired) electrons. The van der Waals surface area contributed by atoms with Gasteiger partial charge in [0, 0.05) is 16.5 Å². The number of nitrogens with one attached hydrogen (secondary N) is 1. The number of carbonyl (C=O) groups excluding carboxylic acids is 1. The predicted octanol–water partition coefficient (Wildman–Crippen LogP) is 3.48. The molecule has 4 nitrogen and oxygen atoms in total. The predicted molar refractivity (Wildman–Crippen MR) is 81.9 cm³/mol. The van der Waals surface area contributed by atoms with Gasteiger partial charge in [0.15, 0.2) is 0 Å². The van der Waals surface area contributed by atoms with Crippen molar-refractivity contribution in [2.45, 2.75) is 18.8 Å². The maximum absolute atomic E-state index is 14.0. The van der Waals surface area contributed by atoms with Crippen LogP contribution in [0.2, 0.25) is 0 Å². The van der Waals surface area contributed by atoms with Crippen LogP contribution in [-0.2, 0) is 0 Å². The topological polar surface area (TPSA) is 71.8 Å². The van der Waals surface area contributed by atoms with Crippen LogP contribution in [0.25, 0.3) is 22.2 Å². The number of amides is 1. The molecule has 2 aromatic carbocycles. The molecular weight excluding hydrogens is 300 g/mol. The Morgan fingerprint density at radius 2 is 1.96 bits per heavy atom. The van der Waals surface area contributed by atoms with Crippen LogP contribution in [0, 0.1) is 11.6 Å². The number of nitrogens with zero attached hydrogens (tertiary/aromatic N) is 1. The highest BCUT2D eigenvalue weighted by molar-refractivity contribution is 6.04. The molecule has 0 bridgehead atoms. The highest BCUT2D eigenvalue weighted by Gasteiger charge is 2.28. The largest absolute Gasteiger partial charge is 0.366 e. The maximum atomic E-state index is 14.0. The van der Waals surface area contributed by atoms with E-state index < -0.39 is 11.7 Å². The summed E-state index contributed by atoms with van der Waals surface area (Å²) in [5.41, 5.74) is 7.71. The quantitative estimate of drug-likeness (QED) is 0.777. The first-order valence-corrected chi connectivity index (χ1v) is 7.32. The normalized spacial score (nSPS) is 14.3. The first-order valence-electron chi connectivity index (χ1n) is 7.32. The smallest absolute Gasteiger partial charge is 0.249 e. The standard InChI is InChI=1S/C17H13F2N3O/c18-9-3-4-11(17(20)23)13(5-9)16-14-7-10(19)6-12(8-1-2-8)15(14)21-22-16/h3-8H,1-2H2,(H2,20,23)(H,21,22). The van der Waals surface area contributed by atoms with Gasteiger partial charge in [-0.1, -0.05) is 0 Å². The molecule has 0 aliphatic heterocycles. The number of primary amides is 1.